The first-order valence-electron chi connectivity index (χ1n) is 8.81. The number of aromatic nitrogens is 2. The normalized spacial score (nSPS) is 13.6. The monoisotopic (exact) mass is 470 g/mol. The highest BCUT2D eigenvalue weighted by atomic mass is 32.2. The van der Waals surface area contributed by atoms with E-state index in [-0.39, 0.29) is 35.1 Å². The van der Waals surface area contributed by atoms with Crippen molar-refractivity contribution < 1.29 is 35.2 Å². The van der Waals surface area contributed by atoms with E-state index in [1.807, 2.05) is 0 Å². The Balaban J connectivity index is 1.76. The molecule has 2 aromatic carbocycles. The molecule has 3 aromatic rings. The van der Waals surface area contributed by atoms with Gasteiger partial charge in [-0.3, -0.25) is 4.79 Å². The molecule has 0 saturated heterocycles. The number of rotatable bonds is 4. The van der Waals surface area contributed by atoms with Crippen molar-refractivity contribution in [3.05, 3.63) is 65.4 Å². The summed E-state index contributed by atoms with van der Waals surface area (Å²) in [7, 11) is -5.54. The van der Waals surface area contributed by atoms with E-state index >= 15 is 0 Å². The first-order chi connectivity index (χ1) is 15.0. The highest BCUT2D eigenvalue weighted by molar-refractivity contribution is 7.92. The van der Waals surface area contributed by atoms with Crippen molar-refractivity contribution in [2.45, 2.75) is 16.9 Å². The lowest BCUT2D eigenvalue weighted by Gasteiger charge is -2.13. The zero-order chi connectivity index (χ0) is 23.3. The summed E-state index contributed by atoms with van der Waals surface area (Å²) in [4.78, 5) is 19.3. The van der Waals surface area contributed by atoms with Gasteiger partial charge in [-0.25, -0.2) is 27.2 Å². The van der Waals surface area contributed by atoms with E-state index in [0.29, 0.717) is 0 Å². The average Bonchev–Trinajstić information content (AvgIpc) is 3.08. The second kappa shape index (κ2) is 7.51. The molecule has 13 heteroatoms. The minimum atomic E-state index is -5.54. The van der Waals surface area contributed by atoms with Crippen molar-refractivity contribution in [3.8, 4) is 11.4 Å². The number of fused-ring (bicyclic) bond motifs is 1. The Morgan fingerprint density at radius 3 is 2.16 bits per heavy atom. The molecule has 0 atom stereocenters. The van der Waals surface area contributed by atoms with Crippen LogP contribution in [0.1, 0.15) is 16.1 Å². The van der Waals surface area contributed by atoms with Crippen molar-refractivity contribution >= 4 is 27.2 Å². The van der Waals surface area contributed by atoms with Gasteiger partial charge in [-0.05, 0) is 36.4 Å². The van der Waals surface area contributed by atoms with Crippen LogP contribution in [0.2, 0.25) is 0 Å². The Morgan fingerprint density at radius 2 is 1.56 bits per heavy atom. The molecule has 4 rings (SSSR count). The Kier molecular flexibility index (Phi) is 5.07. The topological polar surface area (TPSA) is 101 Å². The number of halogens is 5. The van der Waals surface area contributed by atoms with Crippen LogP contribution in [0, 0.1) is 11.6 Å². The van der Waals surface area contributed by atoms with Crippen LogP contribution in [0.25, 0.3) is 11.4 Å². The van der Waals surface area contributed by atoms with Crippen LogP contribution in [-0.2, 0) is 16.4 Å². The molecule has 1 aliphatic rings. The smallest absolute Gasteiger partial charge is 0.346 e. The molecule has 32 heavy (non-hydrogen) atoms. The lowest BCUT2D eigenvalue weighted by molar-refractivity contribution is -0.0436. The van der Waals surface area contributed by atoms with Crippen LogP contribution in [0.3, 0.4) is 0 Å². The number of carbonyl (C=O) groups excluding carboxylic acids is 1. The van der Waals surface area contributed by atoms with E-state index in [4.69, 9.17) is 0 Å². The largest absolute Gasteiger partial charge is 0.501 e. The molecule has 0 bridgehead atoms. The summed E-state index contributed by atoms with van der Waals surface area (Å²) in [5.41, 5.74) is -5.78. The summed E-state index contributed by atoms with van der Waals surface area (Å²) in [6.45, 7) is -0.0306. The quantitative estimate of drug-likeness (QED) is 0.564. The van der Waals surface area contributed by atoms with Crippen LogP contribution in [0.15, 0.2) is 47.4 Å². The predicted molar refractivity (Wildman–Crippen MR) is 102 cm³/mol. The summed E-state index contributed by atoms with van der Waals surface area (Å²) >= 11 is 0. The molecule has 0 unspecified atom stereocenters. The molecule has 0 radical (unpaired) electrons. The van der Waals surface area contributed by atoms with Gasteiger partial charge in [0.25, 0.3) is 15.7 Å². The van der Waals surface area contributed by atoms with Gasteiger partial charge in [0, 0.05) is 5.69 Å². The lowest BCUT2D eigenvalue weighted by Crippen LogP contribution is -2.23. The third-order valence-electron chi connectivity index (χ3n) is 4.55. The van der Waals surface area contributed by atoms with Gasteiger partial charge in [-0.15, -0.1) is 0 Å². The minimum absolute atomic E-state index is 0.0162. The number of anilines is 2. The number of benzene rings is 2. The highest BCUT2D eigenvalue weighted by Gasteiger charge is 2.46. The van der Waals surface area contributed by atoms with Crippen molar-refractivity contribution in [1.29, 1.82) is 0 Å². The van der Waals surface area contributed by atoms with Gasteiger partial charge in [0.05, 0.1) is 22.7 Å². The zero-order valence-corrected chi connectivity index (χ0v) is 16.5. The lowest BCUT2D eigenvalue weighted by atomic mass is 10.1. The highest BCUT2D eigenvalue weighted by Crippen LogP contribution is 2.33. The fourth-order valence-electron chi connectivity index (χ4n) is 3.03. The van der Waals surface area contributed by atoms with E-state index < -0.39 is 43.3 Å². The second-order valence-corrected chi connectivity index (χ2v) is 8.54. The predicted octanol–water partition coefficient (Wildman–Crippen LogP) is 3.70. The van der Waals surface area contributed by atoms with Gasteiger partial charge >= 0.3 is 5.51 Å². The van der Waals surface area contributed by atoms with Gasteiger partial charge in [-0.2, -0.15) is 13.2 Å². The molecule has 0 spiro atoms. The van der Waals surface area contributed by atoms with Crippen LogP contribution < -0.4 is 10.6 Å². The first kappa shape index (κ1) is 21.6. The maximum Gasteiger partial charge on any atom is 0.501 e. The van der Waals surface area contributed by atoms with E-state index in [9.17, 15) is 35.2 Å². The van der Waals surface area contributed by atoms with Crippen molar-refractivity contribution in [2.75, 3.05) is 5.32 Å². The molecular formula is C19H11F5N4O3S. The van der Waals surface area contributed by atoms with E-state index in [1.54, 1.807) is 0 Å². The fourth-order valence-corrected chi connectivity index (χ4v) is 3.79. The average molecular weight is 470 g/mol. The number of alkyl halides is 3. The molecular weight excluding hydrogens is 459 g/mol. The minimum Gasteiger partial charge on any atom is -0.346 e. The number of nitrogens with zero attached hydrogens (tertiary/aromatic N) is 2. The van der Waals surface area contributed by atoms with Crippen LogP contribution in [0.5, 0.6) is 0 Å². The third kappa shape index (κ3) is 3.64. The third-order valence-corrected chi connectivity index (χ3v) is 6.05. The summed E-state index contributed by atoms with van der Waals surface area (Å²) < 4.78 is 89.5. The van der Waals surface area contributed by atoms with Gasteiger partial charge in [0.2, 0.25) is 0 Å². The number of nitrogens with one attached hydrogen (secondary N) is 2. The van der Waals surface area contributed by atoms with Crippen molar-refractivity contribution in [3.63, 3.8) is 0 Å². The molecule has 166 valence electrons. The number of amides is 1. The fraction of sp³-hybridized carbons (Fsp3) is 0.105. The Morgan fingerprint density at radius 1 is 0.938 bits per heavy atom. The molecule has 0 saturated carbocycles. The van der Waals surface area contributed by atoms with Gasteiger partial charge in [0.15, 0.2) is 5.82 Å². The Bertz CT molecular complexity index is 1320. The SMILES string of the molecule is O=C1NCc2nc(-c3c(F)cccc3F)nc(Nc3ccc(S(=O)(=O)C(F)(F)F)cc3)c21. The van der Waals surface area contributed by atoms with E-state index in [1.165, 1.54) is 0 Å². The molecule has 1 amide bonds. The number of sulfone groups is 1. The zero-order valence-electron chi connectivity index (χ0n) is 15.7. The van der Waals surface area contributed by atoms with Crippen LogP contribution in [0.4, 0.5) is 33.5 Å². The number of carbonyl (C=O) groups is 1. The molecule has 2 heterocycles. The van der Waals surface area contributed by atoms with E-state index in [2.05, 4.69) is 20.6 Å². The molecule has 0 fully saturated rings. The van der Waals surface area contributed by atoms with Gasteiger partial charge in [0.1, 0.15) is 23.0 Å². The maximum absolute atomic E-state index is 14.2. The Labute approximate surface area is 177 Å². The standard InChI is InChI=1S/C19H11F5N4O3S/c20-11-2-1-3-12(21)14(11)16-27-13-8-25-18(29)15(13)17(28-16)26-9-4-6-10(7-5-9)32(30,31)19(22,23)24/h1-7H,8H2,(H,25,29)(H,26,27,28). The maximum atomic E-state index is 14.2. The Hall–Kier alpha value is -3.61. The van der Waals surface area contributed by atoms with Gasteiger partial charge in [-0.1, -0.05) is 6.07 Å². The number of hydrogen-bond donors (Lipinski definition) is 2. The molecule has 1 aromatic heterocycles. The summed E-state index contributed by atoms with van der Waals surface area (Å²) in [5.74, 6) is -2.95. The van der Waals surface area contributed by atoms with Crippen molar-refractivity contribution in [1.82, 2.24) is 15.3 Å². The molecule has 2 N–H and O–H groups in total. The molecule has 7 nitrogen and oxygen atoms in total. The summed E-state index contributed by atoms with van der Waals surface area (Å²) in [5, 5.41) is 5.16. The second-order valence-electron chi connectivity index (χ2n) is 6.60. The molecule has 1 aliphatic heterocycles. The molecule has 0 aliphatic carbocycles. The van der Waals surface area contributed by atoms with Crippen LogP contribution >= 0.6 is 0 Å². The summed E-state index contributed by atoms with van der Waals surface area (Å²) in [6, 6.07) is 6.68. The summed E-state index contributed by atoms with van der Waals surface area (Å²) in [6.07, 6.45) is 0. The first-order valence-corrected chi connectivity index (χ1v) is 10.3. The van der Waals surface area contributed by atoms with E-state index in [0.717, 1.165) is 42.5 Å². The van der Waals surface area contributed by atoms with Crippen molar-refractivity contribution in [2.24, 2.45) is 0 Å². The van der Waals surface area contributed by atoms with Gasteiger partial charge < -0.3 is 10.6 Å². The van der Waals surface area contributed by atoms with Crippen LogP contribution in [-0.4, -0.2) is 29.8 Å². The number of hydrogen-bond acceptors (Lipinski definition) is 6.